The van der Waals surface area contributed by atoms with E-state index in [1.165, 1.54) is 0 Å². The van der Waals surface area contributed by atoms with Crippen LogP contribution in [0.3, 0.4) is 0 Å². The van der Waals surface area contributed by atoms with Gasteiger partial charge in [0.1, 0.15) is 0 Å². The van der Waals surface area contributed by atoms with Gasteiger partial charge < -0.3 is 0 Å². The molecule has 0 aromatic heterocycles. The molecule has 1 saturated carbocycles. The van der Waals surface area contributed by atoms with E-state index < -0.39 is 21.9 Å². The minimum atomic E-state index is -3.85. The Bertz CT molecular complexity index is 703. The number of imide groups is 1. The Hall–Kier alpha value is -1.32. The number of carbonyl (C=O) groups is 2. The SMILES string of the molecule is CC1(C)C2C=CC1(C)C1C(=O)N(O)C(=O)C21.CCCCS(=O)(=O)OF. The van der Waals surface area contributed by atoms with E-state index in [9.17, 15) is 27.7 Å². The number of rotatable bonds is 4. The molecule has 142 valence electrons. The molecule has 1 saturated heterocycles. The van der Waals surface area contributed by atoms with E-state index in [0.717, 1.165) is 0 Å². The molecule has 3 rings (SSSR count). The fraction of sp³-hybridized carbons (Fsp3) is 0.750. The summed E-state index contributed by atoms with van der Waals surface area (Å²) in [5.41, 5.74) is -0.401. The summed E-state index contributed by atoms with van der Waals surface area (Å²) < 4.78 is 34.0. The monoisotopic (exact) mass is 377 g/mol. The maximum absolute atomic E-state index is 11.9. The van der Waals surface area contributed by atoms with E-state index in [4.69, 9.17) is 0 Å². The summed E-state index contributed by atoms with van der Waals surface area (Å²) in [6, 6.07) is 0. The second-order valence-corrected chi connectivity index (χ2v) is 9.21. The van der Waals surface area contributed by atoms with Gasteiger partial charge in [0.2, 0.25) is 0 Å². The second kappa shape index (κ2) is 6.44. The van der Waals surface area contributed by atoms with Crippen molar-refractivity contribution in [1.29, 1.82) is 0 Å². The molecule has 25 heavy (non-hydrogen) atoms. The van der Waals surface area contributed by atoms with Gasteiger partial charge in [-0.05, 0) is 22.3 Å². The number of hydrogen-bond acceptors (Lipinski definition) is 6. The lowest BCUT2D eigenvalue weighted by Crippen LogP contribution is -2.39. The van der Waals surface area contributed by atoms with Crippen LogP contribution in [0.4, 0.5) is 4.53 Å². The van der Waals surface area contributed by atoms with Crippen LogP contribution in [-0.4, -0.2) is 36.3 Å². The maximum atomic E-state index is 11.9. The van der Waals surface area contributed by atoms with Crippen molar-refractivity contribution in [3.05, 3.63) is 12.2 Å². The number of carbonyl (C=O) groups excluding carboxylic acids is 2. The number of amides is 2. The summed E-state index contributed by atoms with van der Waals surface area (Å²) in [6.45, 7) is 8.02. The van der Waals surface area contributed by atoms with Crippen molar-refractivity contribution in [2.45, 2.75) is 40.5 Å². The first-order valence-corrected chi connectivity index (χ1v) is 9.81. The van der Waals surface area contributed by atoms with Crippen LogP contribution < -0.4 is 0 Å². The van der Waals surface area contributed by atoms with E-state index in [0.29, 0.717) is 17.9 Å². The molecule has 1 aliphatic heterocycles. The molecular formula is C16H24FNO6S. The molecule has 2 aliphatic carbocycles. The molecule has 0 aromatic carbocycles. The summed E-state index contributed by atoms with van der Waals surface area (Å²) in [6.07, 6.45) is 5.23. The number of nitrogens with zero attached hydrogens (tertiary/aromatic N) is 1. The number of hydrogen-bond donors (Lipinski definition) is 1. The largest absolute Gasteiger partial charge is 0.297 e. The maximum Gasteiger partial charge on any atom is 0.297 e. The van der Waals surface area contributed by atoms with Crippen LogP contribution in [0, 0.1) is 28.6 Å². The van der Waals surface area contributed by atoms with E-state index in [1.54, 1.807) is 0 Å². The first-order valence-electron chi connectivity index (χ1n) is 8.23. The summed E-state index contributed by atoms with van der Waals surface area (Å²) in [4.78, 5) is 23.7. The van der Waals surface area contributed by atoms with Gasteiger partial charge in [-0.2, -0.15) is 13.5 Å². The molecule has 0 radical (unpaired) electrons. The normalized spacial score (nSPS) is 35.0. The fourth-order valence-corrected chi connectivity index (χ4v) is 4.92. The summed E-state index contributed by atoms with van der Waals surface area (Å²) in [5.74, 6) is -1.77. The third-order valence-electron chi connectivity index (χ3n) is 6.08. The molecule has 4 atom stereocenters. The highest BCUT2D eigenvalue weighted by molar-refractivity contribution is 7.86. The molecule has 0 spiro atoms. The molecule has 7 nitrogen and oxygen atoms in total. The highest BCUT2D eigenvalue weighted by Crippen LogP contribution is 2.68. The van der Waals surface area contributed by atoms with Gasteiger partial charge in [0, 0.05) is 5.41 Å². The van der Waals surface area contributed by atoms with Crippen molar-refractivity contribution in [2.24, 2.45) is 28.6 Å². The molecule has 9 heteroatoms. The number of allylic oxidation sites excluding steroid dienone is 2. The summed E-state index contributed by atoms with van der Waals surface area (Å²) in [7, 11) is -3.85. The van der Waals surface area contributed by atoms with Crippen molar-refractivity contribution in [2.75, 3.05) is 5.75 Å². The van der Waals surface area contributed by atoms with Crippen molar-refractivity contribution in [3.63, 3.8) is 0 Å². The molecule has 3 aliphatic rings. The molecule has 2 bridgehead atoms. The zero-order valence-corrected chi connectivity index (χ0v) is 15.5. The van der Waals surface area contributed by atoms with Crippen molar-refractivity contribution < 1.29 is 32.1 Å². The molecule has 1 N–H and O–H groups in total. The van der Waals surface area contributed by atoms with E-state index in [-0.39, 0.29) is 34.3 Å². The minimum absolute atomic E-state index is 0.0658. The Balaban J connectivity index is 0.000000217. The predicted molar refractivity (Wildman–Crippen MR) is 86.0 cm³/mol. The van der Waals surface area contributed by atoms with Gasteiger partial charge in [0.15, 0.2) is 0 Å². The Morgan fingerprint density at radius 1 is 1.28 bits per heavy atom. The second-order valence-electron chi connectivity index (χ2n) is 7.56. The lowest BCUT2D eigenvalue weighted by molar-refractivity contribution is -0.175. The Morgan fingerprint density at radius 3 is 2.36 bits per heavy atom. The highest BCUT2D eigenvalue weighted by atomic mass is 32.2. The van der Waals surface area contributed by atoms with Crippen LogP contribution in [0.1, 0.15) is 40.5 Å². The van der Waals surface area contributed by atoms with Crippen molar-refractivity contribution in [1.82, 2.24) is 5.06 Å². The van der Waals surface area contributed by atoms with Gasteiger partial charge in [-0.1, -0.05) is 50.7 Å². The number of fused-ring (bicyclic) bond motifs is 5. The highest BCUT2D eigenvalue weighted by Gasteiger charge is 2.71. The van der Waals surface area contributed by atoms with E-state index in [1.807, 2.05) is 26.0 Å². The third-order valence-corrected chi connectivity index (χ3v) is 7.06. The van der Waals surface area contributed by atoms with Crippen LogP contribution in [-0.2, 0) is 24.1 Å². The lowest BCUT2D eigenvalue weighted by atomic mass is 9.67. The van der Waals surface area contributed by atoms with Crippen molar-refractivity contribution in [3.8, 4) is 0 Å². The molecule has 1 heterocycles. The molecule has 2 amide bonds. The van der Waals surface area contributed by atoms with Gasteiger partial charge in [0.05, 0.1) is 17.6 Å². The standard InChI is InChI=1S/C12H15NO3.C4H9FO3S/c1-11(2)6-4-5-12(11,3)8-7(6)9(14)13(16)10(8)15;1-2-3-4-9(6,7)8-5/h4-8,16H,1-3H3;2-4H2,1H3. The van der Waals surface area contributed by atoms with E-state index in [2.05, 4.69) is 18.2 Å². The van der Waals surface area contributed by atoms with Gasteiger partial charge in [-0.15, -0.1) is 0 Å². The number of hydroxylamine groups is 2. The average molecular weight is 377 g/mol. The Labute approximate surface area is 146 Å². The van der Waals surface area contributed by atoms with Gasteiger partial charge in [-0.3, -0.25) is 14.8 Å². The number of halogens is 1. The first-order chi connectivity index (χ1) is 11.4. The van der Waals surface area contributed by atoms with Crippen LogP contribution >= 0.6 is 0 Å². The van der Waals surface area contributed by atoms with Gasteiger partial charge >= 0.3 is 0 Å². The molecule has 4 unspecified atom stereocenters. The van der Waals surface area contributed by atoms with Crippen LogP contribution in [0.2, 0.25) is 0 Å². The van der Waals surface area contributed by atoms with Crippen LogP contribution in [0.25, 0.3) is 0 Å². The van der Waals surface area contributed by atoms with Gasteiger partial charge in [-0.25, -0.2) is 0 Å². The Kier molecular flexibility index (Phi) is 5.15. The van der Waals surface area contributed by atoms with Gasteiger partial charge in [0.25, 0.3) is 21.9 Å². The summed E-state index contributed by atoms with van der Waals surface area (Å²) >= 11 is 0. The van der Waals surface area contributed by atoms with Crippen molar-refractivity contribution >= 4 is 21.9 Å². The fourth-order valence-electron chi connectivity index (χ4n) is 4.21. The molecule has 0 aromatic rings. The zero-order valence-electron chi connectivity index (χ0n) is 14.7. The molecule has 2 fully saturated rings. The van der Waals surface area contributed by atoms with E-state index >= 15 is 0 Å². The predicted octanol–water partition coefficient (Wildman–Crippen LogP) is 2.23. The van der Waals surface area contributed by atoms with Crippen LogP contribution in [0.5, 0.6) is 0 Å². The zero-order chi connectivity index (χ0) is 19.2. The first kappa shape index (κ1) is 20.0. The van der Waals surface area contributed by atoms with Crippen LogP contribution in [0.15, 0.2) is 12.2 Å². The molecular weight excluding hydrogens is 353 g/mol. The smallest absolute Gasteiger partial charge is 0.278 e. The minimum Gasteiger partial charge on any atom is -0.278 e. The Morgan fingerprint density at radius 2 is 1.88 bits per heavy atom. The lowest BCUT2D eigenvalue weighted by Gasteiger charge is -2.37. The third kappa shape index (κ3) is 2.92. The summed E-state index contributed by atoms with van der Waals surface area (Å²) in [5, 5.41) is 9.75. The number of unbranched alkanes of at least 4 members (excludes halogenated alkanes) is 1. The average Bonchev–Trinajstić information content (AvgIpc) is 3.00. The topological polar surface area (TPSA) is 101 Å². The quantitative estimate of drug-likeness (QED) is 0.458.